The van der Waals surface area contributed by atoms with Gasteiger partial charge in [-0.15, -0.1) is 0 Å². The Bertz CT molecular complexity index is 721. The standard InChI is InChI=1S/C20H28Cl2N2O4/c1-13-12-23(19(26)28-20(2,3)4)8-9-24(13)17(18(25)27-5)11-14-6-7-15(21)16(22)10-14/h6-7,10,13,17H,8-9,11-12H2,1-5H3/t13-,17?/m1/s1. The number of benzene rings is 1. The molecule has 156 valence electrons. The molecule has 1 amide bonds. The first-order valence-corrected chi connectivity index (χ1v) is 10.0. The summed E-state index contributed by atoms with van der Waals surface area (Å²) in [5.74, 6) is -0.316. The van der Waals surface area contributed by atoms with Crippen LogP contribution in [-0.4, -0.2) is 66.3 Å². The topological polar surface area (TPSA) is 59.1 Å². The largest absolute Gasteiger partial charge is 0.468 e. The van der Waals surface area contributed by atoms with E-state index in [-0.39, 0.29) is 18.1 Å². The van der Waals surface area contributed by atoms with Crippen LogP contribution >= 0.6 is 23.2 Å². The lowest BCUT2D eigenvalue weighted by Gasteiger charge is -2.43. The number of piperazine rings is 1. The van der Waals surface area contributed by atoms with E-state index in [1.807, 2.05) is 33.8 Å². The van der Waals surface area contributed by atoms with Gasteiger partial charge in [-0.05, 0) is 51.8 Å². The second-order valence-electron chi connectivity index (χ2n) is 8.00. The number of methoxy groups -OCH3 is 1. The van der Waals surface area contributed by atoms with Gasteiger partial charge in [0, 0.05) is 25.7 Å². The Labute approximate surface area is 176 Å². The monoisotopic (exact) mass is 430 g/mol. The number of hydrogen-bond acceptors (Lipinski definition) is 5. The van der Waals surface area contributed by atoms with Gasteiger partial charge in [0.15, 0.2) is 0 Å². The number of halogens is 2. The Kier molecular flexibility index (Phi) is 7.59. The number of hydrogen-bond donors (Lipinski definition) is 0. The first-order valence-electron chi connectivity index (χ1n) is 9.27. The molecule has 1 aromatic rings. The third kappa shape index (κ3) is 6.00. The molecular formula is C20H28Cl2N2O4. The Morgan fingerprint density at radius 3 is 2.43 bits per heavy atom. The van der Waals surface area contributed by atoms with Crippen molar-refractivity contribution in [2.75, 3.05) is 26.7 Å². The Morgan fingerprint density at radius 1 is 1.21 bits per heavy atom. The molecule has 0 N–H and O–H groups in total. The zero-order valence-electron chi connectivity index (χ0n) is 17.0. The fraction of sp³-hybridized carbons (Fsp3) is 0.600. The van der Waals surface area contributed by atoms with Gasteiger partial charge in [0.2, 0.25) is 0 Å². The molecule has 0 saturated carbocycles. The summed E-state index contributed by atoms with van der Waals surface area (Å²) >= 11 is 12.1. The smallest absolute Gasteiger partial charge is 0.410 e. The molecule has 1 heterocycles. The van der Waals surface area contributed by atoms with E-state index in [1.54, 1.807) is 17.0 Å². The highest BCUT2D eigenvalue weighted by molar-refractivity contribution is 6.42. The van der Waals surface area contributed by atoms with Crippen LogP contribution in [0.4, 0.5) is 4.79 Å². The first kappa shape index (κ1) is 22.8. The highest BCUT2D eigenvalue weighted by atomic mass is 35.5. The van der Waals surface area contributed by atoms with Crippen molar-refractivity contribution in [2.24, 2.45) is 0 Å². The molecule has 0 radical (unpaired) electrons. The third-order valence-electron chi connectivity index (χ3n) is 4.62. The maximum atomic E-state index is 12.5. The maximum Gasteiger partial charge on any atom is 0.410 e. The summed E-state index contributed by atoms with van der Waals surface area (Å²) < 4.78 is 10.5. The SMILES string of the molecule is COC(=O)C(Cc1ccc(Cl)c(Cl)c1)N1CCN(C(=O)OC(C)(C)C)C[C@H]1C. The van der Waals surface area contributed by atoms with Crippen LogP contribution in [0.25, 0.3) is 0 Å². The minimum atomic E-state index is -0.542. The van der Waals surface area contributed by atoms with Crippen molar-refractivity contribution in [3.8, 4) is 0 Å². The van der Waals surface area contributed by atoms with Crippen molar-refractivity contribution in [2.45, 2.75) is 51.8 Å². The van der Waals surface area contributed by atoms with Gasteiger partial charge in [0.25, 0.3) is 0 Å². The number of esters is 1. The molecule has 8 heteroatoms. The zero-order chi connectivity index (χ0) is 21.1. The van der Waals surface area contributed by atoms with Gasteiger partial charge in [-0.1, -0.05) is 29.3 Å². The summed E-state index contributed by atoms with van der Waals surface area (Å²) in [5, 5.41) is 0.921. The summed E-state index contributed by atoms with van der Waals surface area (Å²) in [6.45, 7) is 9.01. The van der Waals surface area contributed by atoms with Crippen molar-refractivity contribution in [1.82, 2.24) is 9.80 Å². The van der Waals surface area contributed by atoms with Gasteiger partial charge in [-0.25, -0.2) is 4.79 Å². The van der Waals surface area contributed by atoms with E-state index in [9.17, 15) is 9.59 Å². The highest BCUT2D eigenvalue weighted by Gasteiger charge is 2.36. The van der Waals surface area contributed by atoms with Gasteiger partial charge < -0.3 is 14.4 Å². The lowest BCUT2D eigenvalue weighted by molar-refractivity contribution is -0.149. The van der Waals surface area contributed by atoms with Crippen molar-refractivity contribution >= 4 is 35.3 Å². The average molecular weight is 431 g/mol. The molecule has 1 fully saturated rings. The van der Waals surface area contributed by atoms with Gasteiger partial charge >= 0.3 is 12.1 Å². The van der Waals surface area contributed by atoms with Crippen LogP contribution in [0, 0.1) is 0 Å². The summed E-state index contributed by atoms with van der Waals surface area (Å²) in [7, 11) is 1.38. The predicted molar refractivity (Wildman–Crippen MR) is 110 cm³/mol. The number of amides is 1. The number of rotatable bonds is 4. The normalized spacial score (nSPS) is 19.2. The second-order valence-corrected chi connectivity index (χ2v) is 8.82. The second kappa shape index (κ2) is 9.33. The van der Waals surface area contributed by atoms with Crippen LogP contribution in [0.15, 0.2) is 18.2 Å². The summed E-state index contributed by atoms with van der Waals surface area (Å²) in [6.07, 6.45) is 0.110. The van der Waals surface area contributed by atoms with Crippen molar-refractivity contribution in [3.63, 3.8) is 0 Å². The van der Waals surface area contributed by atoms with Crippen LogP contribution in [0.2, 0.25) is 10.0 Å². The van der Waals surface area contributed by atoms with E-state index in [2.05, 4.69) is 4.90 Å². The molecule has 1 unspecified atom stereocenters. The van der Waals surface area contributed by atoms with Crippen LogP contribution in [-0.2, 0) is 20.7 Å². The van der Waals surface area contributed by atoms with Crippen molar-refractivity contribution in [3.05, 3.63) is 33.8 Å². The minimum absolute atomic E-state index is 0.0341. The molecule has 1 saturated heterocycles. The molecule has 28 heavy (non-hydrogen) atoms. The average Bonchev–Trinajstić information content (AvgIpc) is 2.60. The van der Waals surface area contributed by atoms with E-state index >= 15 is 0 Å². The zero-order valence-corrected chi connectivity index (χ0v) is 18.5. The number of carbonyl (C=O) groups is 2. The first-order chi connectivity index (χ1) is 13.0. The van der Waals surface area contributed by atoms with Gasteiger partial charge in [0.1, 0.15) is 11.6 Å². The Hall–Kier alpha value is -1.50. The minimum Gasteiger partial charge on any atom is -0.468 e. The van der Waals surface area contributed by atoms with Gasteiger partial charge in [-0.2, -0.15) is 0 Å². The lowest BCUT2D eigenvalue weighted by atomic mass is 10.0. The van der Waals surface area contributed by atoms with Crippen molar-refractivity contribution in [1.29, 1.82) is 0 Å². The fourth-order valence-corrected chi connectivity index (χ4v) is 3.61. The predicted octanol–water partition coefficient (Wildman–Crippen LogP) is 4.02. The molecule has 1 aliphatic heterocycles. The Morgan fingerprint density at radius 2 is 1.89 bits per heavy atom. The van der Waals surface area contributed by atoms with E-state index in [0.29, 0.717) is 36.1 Å². The van der Waals surface area contributed by atoms with Crippen LogP contribution in [0.1, 0.15) is 33.3 Å². The van der Waals surface area contributed by atoms with E-state index < -0.39 is 11.6 Å². The van der Waals surface area contributed by atoms with E-state index in [4.69, 9.17) is 32.7 Å². The van der Waals surface area contributed by atoms with E-state index in [0.717, 1.165) is 5.56 Å². The molecule has 6 nitrogen and oxygen atoms in total. The van der Waals surface area contributed by atoms with Crippen molar-refractivity contribution < 1.29 is 19.1 Å². The van der Waals surface area contributed by atoms with Crippen LogP contribution < -0.4 is 0 Å². The fourth-order valence-electron chi connectivity index (χ4n) is 3.29. The molecule has 0 aliphatic carbocycles. The van der Waals surface area contributed by atoms with Gasteiger partial charge in [0.05, 0.1) is 17.2 Å². The van der Waals surface area contributed by atoms with Crippen LogP contribution in [0.5, 0.6) is 0 Å². The number of nitrogens with zero attached hydrogens (tertiary/aromatic N) is 2. The summed E-state index contributed by atoms with van der Waals surface area (Å²) in [4.78, 5) is 28.6. The lowest BCUT2D eigenvalue weighted by Crippen LogP contribution is -2.59. The molecule has 2 atom stereocenters. The van der Waals surface area contributed by atoms with Gasteiger partial charge in [-0.3, -0.25) is 9.69 Å². The molecule has 1 aromatic carbocycles. The molecular weight excluding hydrogens is 403 g/mol. The molecule has 2 rings (SSSR count). The third-order valence-corrected chi connectivity index (χ3v) is 5.36. The maximum absolute atomic E-state index is 12.5. The number of carbonyl (C=O) groups excluding carboxylic acids is 2. The summed E-state index contributed by atoms with van der Waals surface area (Å²) in [6, 6.07) is 4.83. The summed E-state index contributed by atoms with van der Waals surface area (Å²) in [5.41, 5.74) is 0.353. The Balaban J connectivity index is 2.11. The molecule has 0 spiro atoms. The quantitative estimate of drug-likeness (QED) is 0.674. The van der Waals surface area contributed by atoms with Crippen LogP contribution in [0.3, 0.4) is 0 Å². The highest BCUT2D eigenvalue weighted by Crippen LogP contribution is 2.25. The molecule has 1 aliphatic rings. The molecule has 0 bridgehead atoms. The molecule has 0 aromatic heterocycles. The van der Waals surface area contributed by atoms with E-state index in [1.165, 1.54) is 7.11 Å². The number of ether oxygens (including phenoxy) is 2.